The van der Waals surface area contributed by atoms with Crippen molar-refractivity contribution in [3.05, 3.63) is 59.5 Å². The molecular weight excluding hydrogens is 238 g/mol. The first-order chi connectivity index (χ1) is 9.15. The zero-order valence-corrected chi connectivity index (χ0v) is 11.4. The molecule has 0 spiro atoms. The molecule has 0 N–H and O–H groups in total. The molecule has 2 aromatic rings. The first-order valence-electron chi connectivity index (χ1n) is 6.42. The molecule has 0 saturated carbocycles. The summed E-state index contributed by atoms with van der Waals surface area (Å²) < 4.78 is 5.25. The van der Waals surface area contributed by atoms with Gasteiger partial charge >= 0.3 is 0 Å². The summed E-state index contributed by atoms with van der Waals surface area (Å²) in [6.07, 6.45) is 2.18. The highest BCUT2D eigenvalue weighted by molar-refractivity contribution is 5.82. The smallest absolute Gasteiger partial charge is 0.151 e. The average molecular weight is 257 g/mol. The van der Waals surface area contributed by atoms with Gasteiger partial charge in [0.2, 0.25) is 0 Å². The predicted molar refractivity (Wildman–Crippen MR) is 74.9 cm³/mol. The first kappa shape index (κ1) is 13.6. The number of carbonyl (C=O) groups excluding carboxylic acids is 1. The van der Waals surface area contributed by atoms with Gasteiger partial charge in [0, 0.05) is 18.5 Å². The minimum absolute atomic E-state index is 0.231. The molecule has 2 rings (SSSR count). The SMILES string of the molecule is Cc1occc1CN(C)CC(=O)Cc1ccccc1. The first-order valence-corrected chi connectivity index (χ1v) is 6.42. The van der Waals surface area contributed by atoms with E-state index >= 15 is 0 Å². The molecule has 1 aromatic carbocycles. The van der Waals surface area contributed by atoms with Crippen molar-refractivity contribution in [2.24, 2.45) is 0 Å². The van der Waals surface area contributed by atoms with E-state index in [0.717, 1.165) is 23.4 Å². The lowest BCUT2D eigenvalue weighted by Gasteiger charge is -2.15. The Kier molecular flexibility index (Phi) is 4.53. The third-order valence-electron chi connectivity index (χ3n) is 3.10. The molecule has 0 radical (unpaired) electrons. The van der Waals surface area contributed by atoms with Crippen LogP contribution in [0.4, 0.5) is 0 Å². The third kappa shape index (κ3) is 4.07. The summed E-state index contributed by atoms with van der Waals surface area (Å²) in [6, 6.07) is 11.8. The Bertz CT molecular complexity index is 531. The van der Waals surface area contributed by atoms with Gasteiger partial charge in [-0.05, 0) is 25.6 Å². The number of hydrogen-bond donors (Lipinski definition) is 0. The largest absolute Gasteiger partial charge is 0.469 e. The van der Waals surface area contributed by atoms with Crippen molar-refractivity contribution in [2.45, 2.75) is 19.9 Å². The molecule has 3 heteroatoms. The number of aryl methyl sites for hydroxylation is 1. The van der Waals surface area contributed by atoms with E-state index in [9.17, 15) is 4.79 Å². The number of likely N-dealkylation sites (N-methyl/N-ethyl adjacent to an activating group) is 1. The van der Waals surface area contributed by atoms with Crippen LogP contribution in [0.3, 0.4) is 0 Å². The van der Waals surface area contributed by atoms with Crippen LogP contribution in [0.15, 0.2) is 47.1 Å². The number of nitrogens with zero attached hydrogens (tertiary/aromatic N) is 1. The minimum atomic E-state index is 0.231. The normalized spacial score (nSPS) is 10.9. The summed E-state index contributed by atoms with van der Waals surface area (Å²) in [5, 5.41) is 0. The van der Waals surface area contributed by atoms with E-state index in [1.54, 1.807) is 6.26 Å². The number of rotatable bonds is 6. The van der Waals surface area contributed by atoms with Crippen molar-refractivity contribution in [1.82, 2.24) is 4.90 Å². The van der Waals surface area contributed by atoms with E-state index < -0.39 is 0 Å². The van der Waals surface area contributed by atoms with Gasteiger partial charge in [-0.1, -0.05) is 30.3 Å². The Morgan fingerprint density at radius 2 is 1.95 bits per heavy atom. The fourth-order valence-electron chi connectivity index (χ4n) is 2.10. The van der Waals surface area contributed by atoms with Crippen LogP contribution in [0.1, 0.15) is 16.9 Å². The molecule has 3 nitrogen and oxygen atoms in total. The number of Topliss-reactive ketones (excluding diaryl/α,β-unsaturated/α-hetero) is 1. The Morgan fingerprint density at radius 3 is 2.58 bits per heavy atom. The zero-order chi connectivity index (χ0) is 13.7. The molecule has 19 heavy (non-hydrogen) atoms. The molecule has 0 aliphatic rings. The summed E-state index contributed by atoms with van der Waals surface area (Å²) >= 11 is 0. The van der Waals surface area contributed by atoms with Crippen LogP contribution in [0.5, 0.6) is 0 Å². The molecule has 1 aromatic heterocycles. The lowest BCUT2D eigenvalue weighted by molar-refractivity contribution is -0.119. The highest BCUT2D eigenvalue weighted by atomic mass is 16.3. The Balaban J connectivity index is 1.84. The van der Waals surface area contributed by atoms with E-state index in [4.69, 9.17) is 4.42 Å². The summed E-state index contributed by atoms with van der Waals surface area (Å²) in [5.74, 6) is 1.15. The highest BCUT2D eigenvalue weighted by Gasteiger charge is 2.10. The maximum absolute atomic E-state index is 12.0. The van der Waals surface area contributed by atoms with Gasteiger partial charge in [0.25, 0.3) is 0 Å². The topological polar surface area (TPSA) is 33.5 Å². The van der Waals surface area contributed by atoms with Crippen molar-refractivity contribution < 1.29 is 9.21 Å². The van der Waals surface area contributed by atoms with E-state index in [1.165, 1.54) is 0 Å². The van der Waals surface area contributed by atoms with E-state index in [0.29, 0.717) is 13.0 Å². The van der Waals surface area contributed by atoms with Crippen LogP contribution in [0.2, 0.25) is 0 Å². The summed E-state index contributed by atoms with van der Waals surface area (Å²) in [6.45, 7) is 3.14. The van der Waals surface area contributed by atoms with Gasteiger partial charge in [-0.3, -0.25) is 9.69 Å². The minimum Gasteiger partial charge on any atom is -0.469 e. The van der Waals surface area contributed by atoms with Gasteiger partial charge in [0.1, 0.15) is 5.76 Å². The van der Waals surface area contributed by atoms with Crippen LogP contribution in [0, 0.1) is 6.92 Å². The fraction of sp³-hybridized carbons (Fsp3) is 0.312. The highest BCUT2D eigenvalue weighted by Crippen LogP contribution is 2.11. The maximum atomic E-state index is 12.0. The molecule has 0 fully saturated rings. The zero-order valence-electron chi connectivity index (χ0n) is 11.4. The van der Waals surface area contributed by atoms with Gasteiger partial charge < -0.3 is 4.42 Å². The van der Waals surface area contributed by atoms with Crippen LogP contribution < -0.4 is 0 Å². The maximum Gasteiger partial charge on any atom is 0.151 e. The van der Waals surface area contributed by atoms with Crippen LogP contribution in [-0.2, 0) is 17.8 Å². The van der Waals surface area contributed by atoms with Crippen molar-refractivity contribution in [2.75, 3.05) is 13.6 Å². The second-order valence-corrected chi connectivity index (χ2v) is 4.88. The number of hydrogen-bond acceptors (Lipinski definition) is 3. The monoisotopic (exact) mass is 257 g/mol. The molecular formula is C16H19NO2. The number of benzene rings is 1. The summed E-state index contributed by atoms with van der Waals surface area (Å²) in [7, 11) is 1.95. The molecule has 1 heterocycles. The summed E-state index contributed by atoms with van der Waals surface area (Å²) in [4.78, 5) is 14.0. The molecule has 100 valence electrons. The van der Waals surface area contributed by atoms with E-state index in [1.807, 2.05) is 55.3 Å². The molecule has 0 saturated heterocycles. The Hall–Kier alpha value is -1.87. The molecule has 0 bridgehead atoms. The van der Waals surface area contributed by atoms with Crippen molar-refractivity contribution in [1.29, 1.82) is 0 Å². The Morgan fingerprint density at radius 1 is 1.21 bits per heavy atom. The van der Waals surface area contributed by atoms with E-state index in [-0.39, 0.29) is 5.78 Å². The quantitative estimate of drug-likeness (QED) is 0.798. The predicted octanol–water partition coefficient (Wildman–Crippen LogP) is 2.83. The van der Waals surface area contributed by atoms with Crippen LogP contribution in [0.25, 0.3) is 0 Å². The van der Waals surface area contributed by atoms with Gasteiger partial charge in [-0.2, -0.15) is 0 Å². The van der Waals surface area contributed by atoms with Gasteiger partial charge in [0.15, 0.2) is 5.78 Å². The summed E-state index contributed by atoms with van der Waals surface area (Å²) in [5.41, 5.74) is 2.20. The molecule has 0 atom stereocenters. The lowest BCUT2D eigenvalue weighted by atomic mass is 10.1. The van der Waals surface area contributed by atoms with Crippen LogP contribution in [-0.4, -0.2) is 24.3 Å². The fourth-order valence-corrected chi connectivity index (χ4v) is 2.10. The number of furan rings is 1. The second kappa shape index (κ2) is 6.34. The Labute approximate surface area is 113 Å². The van der Waals surface area contributed by atoms with Crippen molar-refractivity contribution >= 4 is 5.78 Å². The number of ketones is 1. The van der Waals surface area contributed by atoms with Gasteiger partial charge in [0.05, 0.1) is 12.8 Å². The molecule has 0 unspecified atom stereocenters. The molecule has 0 aliphatic carbocycles. The average Bonchev–Trinajstić information content (AvgIpc) is 2.76. The molecule has 0 aliphatic heterocycles. The van der Waals surface area contributed by atoms with Crippen molar-refractivity contribution in [3.63, 3.8) is 0 Å². The standard InChI is InChI=1S/C16H19NO2/c1-13-15(8-9-19-13)11-17(2)12-16(18)10-14-6-4-3-5-7-14/h3-9H,10-12H2,1-2H3. The van der Waals surface area contributed by atoms with Gasteiger partial charge in [-0.25, -0.2) is 0 Å². The van der Waals surface area contributed by atoms with Crippen LogP contribution >= 0.6 is 0 Å². The second-order valence-electron chi connectivity index (χ2n) is 4.88. The lowest BCUT2D eigenvalue weighted by Crippen LogP contribution is -2.26. The number of carbonyl (C=O) groups is 1. The molecule has 0 amide bonds. The van der Waals surface area contributed by atoms with Crippen molar-refractivity contribution in [3.8, 4) is 0 Å². The third-order valence-corrected chi connectivity index (χ3v) is 3.10. The van der Waals surface area contributed by atoms with E-state index in [2.05, 4.69) is 0 Å². The van der Waals surface area contributed by atoms with Gasteiger partial charge in [-0.15, -0.1) is 0 Å².